The van der Waals surface area contributed by atoms with Crippen molar-refractivity contribution < 1.29 is 4.79 Å². The molecule has 0 bridgehead atoms. The van der Waals surface area contributed by atoms with Crippen molar-refractivity contribution in [2.75, 3.05) is 0 Å². The van der Waals surface area contributed by atoms with Gasteiger partial charge in [0.2, 0.25) is 0 Å². The van der Waals surface area contributed by atoms with E-state index in [9.17, 15) is 4.79 Å². The molecule has 2 N–H and O–H groups in total. The first-order valence-electron chi connectivity index (χ1n) is 7.68. The van der Waals surface area contributed by atoms with E-state index in [1.165, 1.54) is 11.9 Å². The fourth-order valence-corrected chi connectivity index (χ4v) is 2.96. The summed E-state index contributed by atoms with van der Waals surface area (Å²) in [7, 11) is 0. The van der Waals surface area contributed by atoms with Gasteiger partial charge in [-0.25, -0.2) is 4.98 Å². The van der Waals surface area contributed by atoms with Gasteiger partial charge in [0.25, 0.3) is 5.91 Å². The summed E-state index contributed by atoms with van der Waals surface area (Å²) in [6.45, 7) is 8.64. The monoisotopic (exact) mass is 311 g/mol. The standard InChI is InChI=1S/C17H21N5O/c1-10-5-11(2)15-14(6-10)13(4)16(21-15)17(23)20-12(3)7-22-9-18-8-19-22/h5-6,8-9,12,21H,7H2,1-4H3,(H,20,23)/t12-/m1/s1. The van der Waals surface area contributed by atoms with E-state index in [0.29, 0.717) is 12.2 Å². The molecular formula is C17H21N5O. The van der Waals surface area contributed by atoms with E-state index in [-0.39, 0.29) is 11.9 Å². The summed E-state index contributed by atoms with van der Waals surface area (Å²) in [5, 5.41) is 8.18. The van der Waals surface area contributed by atoms with E-state index in [1.54, 1.807) is 11.0 Å². The number of hydrogen-bond donors (Lipinski definition) is 2. The number of benzene rings is 1. The van der Waals surface area contributed by atoms with E-state index in [0.717, 1.165) is 22.0 Å². The average molecular weight is 311 g/mol. The zero-order chi connectivity index (χ0) is 16.6. The molecule has 1 amide bonds. The Bertz CT molecular complexity index is 848. The van der Waals surface area contributed by atoms with Gasteiger partial charge in [-0.3, -0.25) is 9.48 Å². The first-order chi connectivity index (χ1) is 11.0. The Balaban J connectivity index is 1.83. The molecule has 0 saturated carbocycles. The number of aryl methyl sites for hydroxylation is 3. The Morgan fingerprint density at radius 3 is 2.83 bits per heavy atom. The largest absolute Gasteiger partial charge is 0.350 e. The van der Waals surface area contributed by atoms with Gasteiger partial charge in [-0.1, -0.05) is 11.6 Å². The van der Waals surface area contributed by atoms with E-state index >= 15 is 0 Å². The van der Waals surface area contributed by atoms with Crippen LogP contribution in [-0.2, 0) is 6.54 Å². The first kappa shape index (κ1) is 15.3. The highest BCUT2D eigenvalue weighted by Crippen LogP contribution is 2.26. The van der Waals surface area contributed by atoms with Crippen LogP contribution in [0.2, 0.25) is 0 Å². The van der Waals surface area contributed by atoms with Crippen molar-refractivity contribution in [1.82, 2.24) is 25.1 Å². The zero-order valence-corrected chi connectivity index (χ0v) is 13.8. The van der Waals surface area contributed by atoms with Crippen LogP contribution in [-0.4, -0.2) is 31.7 Å². The minimum atomic E-state index is -0.0941. The summed E-state index contributed by atoms with van der Waals surface area (Å²) in [6, 6.07) is 4.19. The number of fused-ring (bicyclic) bond motifs is 1. The first-order valence-corrected chi connectivity index (χ1v) is 7.68. The number of aromatic amines is 1. The third-order valence-corrected chi connectivity index (χ3v) is 4.04. The summed E-state index contributed by atoms with van der Waals surface area (Å²) in [5.74, 6) is -0.0941. The second kappa shape index (κ2) is 5.87. The summed E-state index contributed by atoms with van der Waals surface area (Å²) in [6.07, 6.45) is 3.13. The molecule has 0 radical (unpaired) electrons. The SMILES string of the molecule is Cc1cc(C)c2[nH]c(C(=O)N[C@H](C)Cn3cncn3)c(C)c2c1. The number of nitrogens with one attached hydrogen (secondary N) is 2. The lowest BCUT2D eigenvalue weighted by atomic mass is 10.1. The third-order valence-electron chi connectivity index (χ3n) is 4.04. The molecule has 2 heterocycles. The molecule has 0 spiro atoms. The normalized spacial score (nSPS) is 12.5. The Labute approximate surface area is 134 Å². The van der Waals surface area contributed by atoms with E-state index in [2.05, 4.69) is 46.4 Å². The highest BCUT2D eigenvalue weighted by Gasteiger charge is 2.18. The second-order valence-corrected chi connectivity index (χ2v) is 6.12. The van der Waals surface area contributed by atoms with Crippen molar-refractivity contribution in [3.63, 3.8) is 0 Å². The van der Waals surface area contributed by atoms with Crippen LogP contribution in [0.25, 0.3) is 10.9 Å². The number of aromatic nitrogens is 4. The lowest BCUT2D eigenvalue weighted by molar-refractivity contribution is 0.0931. The minimum Gasteiger partial charge on any atom is -0.350 e. The maximum Gasteiger partial charge on any atom is 0.268 e. The van der Waals surface area contributed by atoms with Crippen LogP contribution in [0, 0.1) is 20.8 Å². The van der Waals surface area contributed by atoms with Gasteiger partial charge >= 0.3 is 0 Å². The summed E-state index contributed by atoms with van der Waals surface area (Å²) >= 11 is 0. The van der Waals surface area contributed by atoms with Crippen LogP contribution in [0.1, 0.15) is 34.1 Å². The van der Waals surface area contributed by atoms with Crippen molar-refractivity contribution in [2.24, 2.45) is 0 Å². The van der Waals surface area contributed by atoms with Gasteiger partial charge in [-0.05, 0) is 44.9 Å². The predicted molar refractivity (Wildman–Crippen MR) is 89.5 cm³/mol. The fraction of sp³-hybridized carbons (Fsp3) is 0.353. The second-order valence-electron chi connectivity index (χ2n) is 6.12. The van der Waals surface area contributed by atoms with Crippen LogP contribution in [0.4, 0.5) is 0 Å². The van der Waals surface area contributed by atoms with Gasteiger partial charge in [0.15, 0.2) is 0 Å². The molecule has 3 rings (SSSR count). The molecule has 6 heteroatoms. The van der Waals surface area contributed by atoms with Crippen molar-refractivity contribution in [2.45, 2.75) is 40.3 Å². The molecule has 6 nitrogen and oxygen atoms in total. The lowest BCUT2D eigenvalue weighted by Crippen LogP contribution is -2.36. The van der Waals surface area contributed by atoms with Crippen LogP contribution >= 0.6 is 0 Å². The number of H-pyrrole nitrogens is 1. The zero-order valence-electron chi connectivity index (χ0n) is 13.8. The predicted octanol–water partition coefficient (Wildman–Crippen LogP) is 2.50. The molecule has 0 aliphatic heterocycles. The minimum absolute atomic E-state index is 0.0437. The molecule has 0 saturated heterocycles. The van der Waals surface area contributed by atoms with Crippen LogP contribution in [0.3, 0.4) is 0 Å². The lowest BCUT2D eigenvalue weighted by Gasteiger charge is -2.13. The third kappa shape index (κ3) is 2.97. The van der Waals surface area contributed by atoms with Gasteiger partial charge in [-0.2, -0.15) is 5.10 Å². The average Bonchev–Trinajstić information content (AvgIpc) is 3.08. The molecule has 0 unspecified atom stereocenters. The molecule has 23 heavy (non-hydrogen) atoms. The number of rotatable bonds is 4. The fourth-order valence-electron chi connectivity index (χ4n) is 2.96. The van der Waals surface area contributed by atoms with Gasteiger partial charge in [0.05, 0.1) is 6.54 Å². The smallest absolute Gasteiger partial charge is 0.268 e. The van der Waals surface area contributed by atoms with Gasteiger partial charge in [0, 0.05) is 16.9 Å². The van der Waals surface area contributed by atoms with Crippen LogP contribution in [0.15, 0.2) is 24.8 Å². The van der Waals surface area contributed by atoms with Crippen molar-refractivity contribution in [3.8, 4) is 0 Å². The van der Waals surface area contributed by atoms with Gasteiger partial charge < -0.3 is 10.3 Å². The number of nitrogens with zero attached hydrogens (tertiary/aromatic N) is 3. The summed E-state index contributed by atoms with van der Waals surface area (Å²) in [4.78, 5) is 19.8. The molecule has 1 atom stereocenters. The molecule has 1 aromatic carbocycles. The molecule has 0 aliphatic carbocycles. The van der Waals surface area contributed by atoms with Crippen LogP contribution < -0.4 is 5.32 Å². The number of hydrogen-bond acceptors (Lipinski definition) is 3. The number of carbonyl (C=O) groups excluding carboxylic acids is 1. The van der Waals surface area contributed by atoms with Crippen molar-refractivity contribution in [3.05, 3.63) is 47.2 Å². The highest BCUT2D eigenvalue weighted by atomic mass is 16.2. The quantitative estimate of drug-likeness (QED) is 0.777. The van der Waals surface area contributed by atoms with Gasteiger partial charge in [0.1, 0.15) is 18.3 Å². The number of amides is 1. The summed E-state index contributed by atoms with van der Waals surface area (Å²) < 4.78 is 1.70. The highest BCUT2D eigenvalue weighted by molar-refractivity contribution is 6.01. The van der Waals surface area contributed by atoms with E-state index in [1.807, 2.05) is 13.8 Å². The molecule has 0 aliphatic rings. The molecule has 120 valence electrons. The van der Waals surface area contributed by atoms with Crippen molar-refractivity contribution in [1.29, 1.82) is 0 Å². The Morgan fingerprint density at radius 2 is 2.13 bits per heavy atom. The Kier molecular flexibility index (Phi) is 3.90. The van der Waals surface area contributed by atoms with E-state index in [4.69, 9.17) is 0 Å². The van der Waals surface area contributed by atoms with Crippen molar-refractivity contribution >= 4 is 16.8 Å². The molecule has 0 fully saturated rings. The maximum atomic E-state index is 12.6. The Hall–Kier alpha value is -2.63. The molecule has 2 aromatic heterocycles. The maximum absolute atomic E-state index is 12.6. The van der Waals surface area contributed by atoms with Gasteiger partial charge in [-0.15, -0.1) is 0 Å². The van der Waals surface area contributed by atoms with Crippen LogP contribution in [0.5, 0.6) is 0 Å². The molecule has 3 aromatic rings. The Morgan fingerprint density at radius 1 is 1.35 bits per heavy atom. The summed E-state index contributed by atoms with van der Waals surface area (Å²) in [5.41, 5.74) is 4.99. The topological polar surface area (TPSA) is 75.6 Å². The van der Waals surface area contributed by atoms with E-state index < -0.39 is 0 Å². The molecular weight excluding hydrogens is 290 g/mol. The number of carbonyl (C=O) groups is 1.